The van der Waals surface area contributed by atoms with Gasteiger partial charge in [0.05, 0.1) is 0 Å². The number of aryl methyl sites for hydroxylation is 2. The minimum atomic E-state index is -0.0219. The summed E-state index contributed by atoms with van der Waals surface area (Å²) < 4.78 is 5.88. The van der Waals surface area contributed by atoms with Crippen molar-refractivity contribution in [3.63, 3.8) is 0 Å². The summed E-state index contributed by atoms with van der Waals surface area (Å²) in [5, 5.41) is 0. The van der Waals surface area contributed by atoms with Crippen LogP contribution in [0.1, 0.15) is 49.9 Å². The normalized spacial score (nSPS) is 10.6. The number of carbonyl (C=O) groups excluding carboxylic acids is 2. The molecule has 4 aromatic rings. The number of rotatable bonds is 7. The molecule has 0 saturated carbocycles. The molecule has 0 aliphatic heterocycles. The van der Waals surface area contributed by atoms with Crippen molar-refractivity contribution in [1.82, 2.24) is 0 Å². The Morgan fingerprint density at radius 2 is 0.906 bits per heavy atom. The Kier molecular flexibility index (Phi) is 6.27. The molecule has 4 rings (SSSR count). The monoisotopic (exact) mass is 420 g/mol. The van der Waals surface area contributed by atoms with Gasteiger partial charge in [0, 0.05) is 22.3 Å². The number of hydrogen-bond donors (Lipinski definition) is 0. The van der Waals surface area contributed by atoms with E-state index in [0.717, 1.165) is 12.0 Å². The summed E-state index contributed by atoms with van der Waals surface area (Å²) in [4.78, 5) is 25.3. The molecule has 158 valence electrons. The lowest BCUT2D eigenvalue weighted by atomic mass is 10.0. The van der Waals surface area contributed by atoms with Gasteiger partial charge >= 0.3 is 0 Å². The first kappa shape index (κ1) is 21.3. The van der Waals surface area contributed by atoms with Crippen LogP contribution in [0.3, 0.4) is 0 Å². The van der Waals surface area contributed by atoms with Crippen molar-refractivity contribution in [2.24, 2.45) is 0 Å². The van der Waals surface area contributed by atoms with Gasteiger partial charge in [0.2, 0.25) is 0 Å². The van der Waals surface area contributed by atoms with Crippen LogP contribution in [0.15, 0.2) is 97.1 Å². The number of hydrogen-bond acceptors (Lipinski definition) is 3. The van der Waals surface area contributed by atoms with Gasteiger partial charge in [-0.3, -0.25) is 9.59 Å². The second-order valence-corrected chi connectivity index (χ2v) is 7.73. The summed E-state index contributed by atoms with van der Waals surface area (Å²) in [7, 11) is 0. The van der Waals surface area contributed by atoms with Crippen molar-refractivity contribution in [3.8, 4) is 11.5 Å². The first-order chi connectivity index (χ1) is 15.5. The molecule has 0 bridgehead atoms. The second-order valence-electron chi connectivity index (χ2n) is 7.73. The molecule has 0 spiro atoms. The van der Waals surface area contributed by atoms with E-state index >= 15 is 0 Å². The predicted molar refractivity (Wildman–Crippen MR) is 127 cm³/mol. The Morgan fingerprint density at radius 1 is 0.562 bits per heavy atom. The van der Waals surface area contributed by atoms with Crippen LogP contribution in [0, 0.1) is 6.92 Å². The Hall–Kier alpha value is -3.98. The molecule has 0 saturated heterocycles. The Balaban J connectivity index is 1.42. The fraction of sp³-hybridized carbons (Fsp3) is 0.103. The quantitative estimate of drug-likeness (QED) is 0.308. The highest BCUT2D eigenvalue weighted by Crippen LogP contribution is 2.24. The Labute approximate surface area is 188 Å². The topological polar surface area (TPSA) is 43.4 Å². The zero-order valence-corrected chi connectivity index (χ0v) is 18.2. The van der Waals surface area contributed by atoms with Crippen molar-refractivity contribution in [1.29, 1.82) is 0 Å². The van der Waals surface area contributed by atoms with Gasteiger partial charge in [0.15, 0.2) is 11.6 Å². The average Bonchev–Trinajstić information content (AvgIpc) is 2.85. The standard InChI is InChI=1S/C29H24O3/c1-3-21-6-10-23(11-7-21)29(31)25-14-18-27(19-15-25)32-26-16-12-24(13-17-26)28(30)22-8-4-20(2)5-9-22/h4-19H,3H2,1-2H3. The summed E-state index contributed by atoms with van der Waals surface area (Å²) in [6, 6.07) is 29.4. The van der Waals surface area contributed by atoms with Crippen LogP contribution in [0.2, 0.25) is 0 Å². The minimum Gasteiger partial charge on any atom is -0.457 e. The predicted octanol–water partition coefficient (Wildman–Crippen LogP) is 6.81. The molecule has 0 fully saturated rings. The number of ketones is 2. The highest BCUT2D eigenvalue weighted by Gasteiger charge is 2.11. The zero-order valence-electron chi connectivity index (χ0n) is 18.2. The Bertz CT molecular complexity index is 1220. The largest absolute Gasteiger partial charge is 0.457 e. The average molecular weight is 421 g/mol. The van der Waals surface area contributed by atoms with Gasteiger partial charge in [-0.05, 0) is 67.4 Å². The molecule has 0 unspecified atom stereocenters. The van der Waals surface area contributed by atoms with Gasteiger partial charge in [-0.25, -0.2) is 0 Å². The maximum Gasteiger partial charge on any atom is 0.193 e. The lowest BCUT2D eigenvalue weighted by molar-refractivity contribution is 0.103. The molecular formula is C29H24O3. The molecular weight excluding hydrogens is 396 g/mol. The van der Waals surface area contributed by atoms with E-state index in [2.05, 4.69) is 6.92 Å². The number of carbonyl (C=O) groups is 2. The molecule has 0 aliphatic rings. The third-order valence-electron chi connectivity index (χ3n) is 5.41. The smallest absolute Gasteiger partial charge is 0.193 e. The fourth-order valence-electron chi connectivity index (χ4n) is 3.41. The fourth-order valence-corrected chi connectivity index (χ4v) is 3.41. The summed E-state index contributed by atoms with van der Waals surface area (Å²) >= 11 is 0. The SMILES string of the molecule is CCc1ccc(C(=O)c2ccc(Oc3ccc(C(=O)c4ccc(C)cc4)cc3)cc2)cc1. The minimum absolute atomic E-state index is 0.0156. The van der Waals surface area contributed by atoms with Gasteiger partial charge < -0.3 is 4.74 Å². The molecule has 0 aromatic heterocycles. The first-order valence-electron chi connectivity index (χ1n) is 10.7. The van der Waals surface area contributed by atoms with Gasteiger partial charge in [0.1, 0.15) is 11.5 Å². The van der Waals surface area contributed by atoms with Crippen molar-refractivity contribution in [3.05, 3.63) is 130 Å². The van der Waals surface area contributed by atoms with Crippen LogP contribution in [0.5, 0.6) is 11.5 Å². The van der Waals surface area contributed by atoms with Gasteiger partial charge in [-0.2, -0.15) is 0 Å². The van der Waals surface area contributed by atoms with Crippen molar-refractivity contribution in [2.75, 3.05) is 0 Å². The van der Waals surface area contributed by atoms with E-state index in [1.807, 2.05) is 55.5 Å². The van der Waals surface area contributed by atoms with E-state index < -0.39 is 0 Å². The maximum atomic E-state index is 12.7. The molecule has 0 aliphatic carbocycles. The summed E-state index contributed by atoms with van der Waals surface area (Å²) in [6.07, 6.45) is 0.946. The molecule has 0 amide bonds. The maximum absolute atomic E-state index is 12.7. The lowest BCUT2D eigenvalue weighted by Gasteiger charge is -2.08. The highest BCUT2D eigenvalue weighted by atomic mass is 16.5. The zero-order chi connectivity index (χ0) is 22.5. The number of ether oxygens (including phenoxy) is 1. The Morgan fingerprint density at radius 3 is 1.28 bits per heavy atom. The third kappa shape index (κ3) is 4.84. The van der Waals surface area contributed by atoms with Crippen molar-refractivity contribution in [2.45, 2.75) is 20.3 Å². The van der Waals surface area contributed by atoms with E-state index in [1.54, 1.807) is 48.5 Å². The van der Waals surface area contributed by atoms with Gasteiger partial charge in [0.25, 0.3) is 0 Å². The van der Waals surface area contributed by atoms with E-state index in [9.17, 15) is 9.59 Å². The molecule has 0 heterocycles. The van der Waals surface area contributed by atoms with E-state index in [-0.39, 0.29) is 11.6 Å². The van der Waals surface area contributed by atoms with Crippen molar-refractivity contribution < 1.29 is 14.3 Å². The van der Waals surface area contributed by atoms with Crippen LogP contribution < -0.4 is 4.74 Å². The molecule has 4 aromatic carbocycles. The molecule has 32 heavy (non-hydrogen) atoms. The van der Waals surface area contributed by atoms with Crippen LogP contribution in [-0.4, -0.2) is 11.6 Å². The van der Waals surface area contributed by atoms with E-state index in [1.165, 1.54) is 5.56 Å². The molecule has 0 atom stereocenters. The lowest BCUT2D eigenvalue weighted by Crippen LogP contribution is -2.01. The van der Waals surface area contributed by atoms with Crippen LogP contribution in [0.25, 0.3) is 0 Å². The summed E-state index contributed by atoms with van der Waals surface area (Å²) in [5.74, 6) is 1.21. The van der Waals surface area contributed by atoms with Gasteiger partial charge in [-0.1, -0.05) is 61.0 Å². The van der Waals surface area contributed by atoms with Crippen LogP contribution >= 0.6 is 0 Å². The summed E-state index contributed by atoms with van der Waals surface area (Å²) in [5.41, 5.74) is 4.87. The van der Waals surface area contributed by atoms with Gasteiger partial charge in [-0.15, -0.1) is 0 Å². The number of benzene rings is 4. The van der Waals surface area contributed by atoms with Crippen molar-refractivity contribution >= 4 is 11.6 Å². The van der Waals surface area contributed by atoms with E-state index in [0.29, 0.717) is 33.8 Å². The van der Waals surface area contributed by atoms with Crippen LogP contribution in [0.4, 0.5) is 0 Å². The second kappa shape index (κ2) is 9.44. The molecule has 0 radical (unpaired) electrons. The molecule has 3 nitrogen and oxygen atoms in total. The first-order valence-corrected chi connectivity index (χ1v) is 10.7. The molecule has 0 N–H and O–H groups in total. The van der Waals surface area contributed by atoms with Crippen LogP contribution in [-0.2, 0) is 6.42 Å². The molecule has 3 heteroatoms. The van der Waals surface area contributed by atoms with E-state index in [4.69, 9.17) is 4.74 Å². The third-order valence-corrected chi connectivity index (χ3v) is 5.41. The summed E-state index contributed by atoms with van der Waals surface area (Å²) in [6.45, 7) is 4.08. The highest BCUT2D eigenvalue weighted by molar-refractivity contribution is 6.09.